The van der Waals surface area contributed by atoms with E-state index >= 15 is 0 Å². The van der Waals surface area contributed by atoms with Gasteiger partial charge in [0.1, 0.15) is 0 Å². The molecule has 1 aromatic heterocycles. The molecule has 2 unspecified atom stereocenters. The summed E-state index contributed by atoms with van der Waals surface area (Å²) in [6.07, 6.45) is 3.83. The quantitative estimate of drug-likeness (QED) is 0.818. The summed E-state index contributed by atoms with van der Waals surface area (Å²) in [6, 6.07) is 2.85. The van der Waals surface area contributed by atoms with Crippen LogP contribution in [0.15, 0.2) is 15.9 Å². The predicted octanol–water partition coefficient (Wildman–Crippen LogP) is 4.02. The zero-order chi connectivity index (χ0) is 13.1. The van der Waals surface area contributed by atoms with Gasteiger partial charge in [0.05, 0.1) is 6.04 Å². The summed E-state index contributed by atoms with van der Waals surface area (Å²) in [5.74, 6) is 0.917. The van der Waals surface area contributed by atoms with Gasteiger partial charge in [-0.1, -0.05) is 13.8 Å². The summed E-state index contributed by atoms with van der Waals surface area (Å²) in [4.78, 5) is 3.98. The Morgan fingerprint density at radius 2 is 2.22 bits per heavy atom. The van der Waals surface area contributed by atoms with Crippen molar-refractivity contribution < 1.29 is 0 Å². The Morgan fingerprint density at radius 3 is 2.67 bits per heavy atom. The lowest BCUT2D eigenvalue weighted by atomic mass is 10.0. The first-order valence-electron chi connectivity index (χ1n) is 6.89. The van der Waals surface area contributed by atoms with Crippen molar-refractivity contribution in [3.05, 3.63) is 20.8 Å². The standard InChI is InChI=1S/C14H23BrN2S/c1-3-12(16)14(13-7-11(15)9-18-13)17(4-2)8-10-5-6-10/h7,9-10,12,14H,3-6,8,16H2,1-2H3. The molecule has 0 radical (unpaired) electrons. The number of hydrogen-bond acceptors (Lipinski definition) is 3. The van der Waals surface area contributed by atoms with Gasteiger partial charge in [0, 0.05) is 27.3 Å². The Bertz CT molecular complexity index is 376. The fourth-order valence-corrected chi connectivity index (χ4v) is 4.09. The van der Waals surface area contributed by atoms with Crippen LogP contribution < -0.4 is 5.73 Å². The highest BCUT2D eigenvalue weighted by atomic mass is 79.9. The summed E-state index contributed by atoms with van der Waals surface area (Å²) in [5, 5.41) is 2.16. The number of halogens is 1. The fraction of sp³-hybridized carbons (Fsp3) is 0.714. The normalized spacial score (nSPS) is 19.2. The van der Waals surface area contributed by atoms with E-state index in [9.17, 15) is 0 Å². The second-order valence-corrected chi connectivity index (χ2v) is 7.07. The Kier molecular flexibility index (Phi) is 5.24. The van der Waals surface area contributed by atoms with Crippen LogP contribution in [0.5, 0.6) is 0 Å². The van der Waals surface area contributed by atoms with E-state index < -0.39 is 0 Å². The molecule has 2 N–H and O–H groups in total. The summed E-state index contributed by atoms with van der Waals surface area (Å²) in [6.45, 7) is 6.74. The second-order valence-electron chi connectivity index (χ2n) is 5.22. The molecule has 1 aliphatic rings. The van der Waals surface area contributed by atoms with Gasteiger partial charge in [0.2, 0.25) is 0 Å². The van der Waals surface area contributed by atoms with E-state index in [2.05, 4.69) is 46.1 Å². The van der Waals surface area contributed by atoms with Crippen molar-refractivity contribution in [2.24, 2.45) is 11.7 Å². The van der Waals surface area contributed by atoms with Crippen molar-refractivity contribution in [1.82, 2.24) is 4.90 Å². The Labute approximate surface area is 123 Å². The van der Waals surface area contributed by atoms with Crippen molar-refractivity contribution in [3.63, 3.8) is 0 Å². The molecular formula is C14H23BrN2S. The minimum atomic E-state index is 0.231. The van der Waals surface area contributed by atoms with Crippen LogP contribution in [0.2, 0.25) is 0 Å². The highest BCUT2D eigenvalue weighted by Crippen LogP contribution is 2.36. The Hall–Kier alpha value is 0.1000. The summed E-state index contributed by atoms with van der Waals surface area (Å²) >= 11 is 5.38. The molecule has 18 heavy (non-hydrogen) atoms. The molecule has 0 saturated heterocycles. The van der Waals surface area contributed by atoms with Crippen molar-refractivity contribution >= 4 is 27.3 Å². The minimum absolute atomic E-state index is 0.231. The molecule has 1 saturated carbocycles. The van der Waals surface area contributed by atoms with E-state index in [0.717, 1.165) is 18.9 Å². The van der Waals surface area contributed by atoms with Crippen LogP contribution in [0.1, 0.15) is 44.0 Å². The lowest BCUT2D eigenvalue weighted by Crippen LogP contribution is -2.41. The Morgan fingerprint density at radius 1 is 1.50 bits per heavy atom. The third-order valence-corrected chi connectivity index (χ3v) is 5.51. The zero-order valence-electron chi connectivity index (χ0n) is 11.2. The molecule has 1 fully saturated rings. The molecule has 1 aromatic rings. The molecule has 2 rings (SSSR count). The van der Waals surface area contributed by atoms with Crippen LogP contribution in [0.4, 0.5) is 0 Å². The summed E-state index contributed by atoms with van der Waals surface area (Å²) in [7, 11) is 0. The number of hydrogen-bond donors (Lipinski definition) is 1. The van der Waals surface area contributed by atoms with Crippen molar-refractivity contribution in [3.8, 4) is 0 Å². The lowest BCUT2D eigenvalue weighted by molar-refractivity contribution is 0.173. The van der Waals surface area contributed by atoms with Gasteiger partial charge in [-0.05, 0) is 53.7 Å². The fourth-order valence-electron chi connectivity index (χ4n) is 2.44. The maximum absolute atomic E-state index is 6.38. The molecule has 0 bridgehead atoms. The first kappa shape index (κ1) is 14.5. The van der Waals surface area contributed by atoms with Crippen LogP contribution in [0, 0.1) is 5.92 Å². The van der Waals surface area contributed by atoms with Crippen molar-refractivity contribution in [1.29, 1.82) is 0 Å². The largest absolute Gasteiger partial charge is 0.326 e. The van der Waals surface area contributed by atoms with Gasteiger partial charge in [0.15, 0.2) is 0 Å². The molecular weight excluding hydrogens is 308 g/mol. The van der Waals surface area contributed by atoms with Crippen LogP contribution in [-0.2, 0) is 0 Å². The van der Waals surface area contributed by atoms with Gasteiger partial charge >= 0.3 is 0 Å². The average Bonchev–Trinajstić information content (AvgIpc) is 3.09. The maximum Gasteiger partial charge on any atom is 0.0593 e. The third kappa shape index (κ3) is 3.56. The highest BCUT2D eigenvalue weighted by molar-refractivity contribution is 9.10. The van der Waals surface area contributed by atoms with Crippen LogP contribution in [0.3, 0.4) is 0 Å². The molecule has 4 heteroatoms. The zero-order valence-corrected chi connectivity index (χ0v) is 13.6. The number of rotatable bonds is 7. The first-order chi connectivity index (χ1) is 8.65. The minimum Gasteiger partial charge on any atom is -0.326 e. The maximum atomic E-state index is 6.38. The lowest BCUT2D eigenvalue weighted by Gasteiger charge is -2.34. The molecule has 0 aromatic carbocycles. The summed E-state index contributed by atoms with van der Waals surface area (Å²) in [5.41, 5.74) is 6.38. The van der Waals surface area contributed by atoms with E-state index in [0.29, 0.717) is 6.04 Å². The molecule has 0 spiro atoms. The van der Waals surface area contributed by atoms with Crippen LogP contribution >= 0.6 is 27.3 Å². The van der Waals surface area contributed by atoms with Gasteiger partial charge < -0.3 is 5.73 Å². The van der Waals surface area contributed by atoms with E-state index in [1.54, 1.807) is 0 Å². The van der Waals surface area contributed by atoms with Crippen LogP contribution in [-0.4, -0.2) is 24.0 Å². The van der Waals surface area contributed by atoms with Crippen molar-refractivity contribution in [2.75, 3.05) is 13.1 Å². The second kappa shape index (κ2) is 6.51. The van der Waals surface area contributed by atoms with Crippen molar-refractivity contribution in [2.45, 2.75) is 45.2 Å². The summed E-state index contributed by atoms with van der Waals surface area (Å²) < 4.78 is 1.18. The molecule has 0 aliphatic heterocycles. The number of thiophene rings is 1. The van der Waals surface area contributed by atoms with Gasteiger partial charge in [-0.2, -0.15) is 0 Å². The molecule has 0 amide bonds. The third-order valence-electron chi connectivity index (χ3n) is 3.75. The number of nitrogens with two attached hydrogens (primary N) is 1. The molecule has 1 aliphatic carbocycles. The van der Waals surface area contributed by atoms with Gasteiger partial charge in [-0.15, -0.1) is 11.3 Å². The van der Waals surface area contributed by atoms with E-state index in [1.165, 1.54) is 28.7 Å². The van der Waals surface area contributed by atoms with Gasteiger partial charge in [-0.3, -0.25) is 4.90 Å². The highest BCUT2D eigenvalue weighted by Gasteiger charge is 2.31. The number of nitrogens with zero attached hydrogens (tertiary/aromatic N) is 1. The first-order valence-corrected chi connectivity index (χ1v) is 8.56. The van der Waals surface area contributed by atoms with E-state index in [4.69, 9.17) is 5.73 Å². The molecule has 102 valence electrons. The van der Waals surface area contributed by atoms with E-state index in [1.807, 2.05) is 11.3 Å². The average molecular weight is 331 g/mol. The SMILES string of the molecule is CCC(N)C(c1cc(Br)cs1)N(CC)CC1CC1. The van der Waals surface area contributed by atoms with Gasteiger partial charge in [-0.25, -0.2) is 0 Å². The van der Waals surface area contributed by atoms with Crippen LogP contribution in [0.25, 0.3) is 0 Å². The monoisotopic (exact) mass is 330 g/mol. The molecule has 2 nitrogen and oxygen atoms in total. The molecule has 1 heterocycles. The smallest absolute Gasteiger partial charge is 0.0593 e. The Balaban J connectivity index is 2.16. The van der Waals surface area contributed by atoms with E-state index in [-0.39, 0.29) is 6.04 Å². The van der Waals surface area contributed by atoms with Gasteiger partial charge in [0.25, 0.3) is 0 Å². The topological polar surface area (TPSA) is 29.3 Å². The predicted molar refractivity (Wildman–Crippen MR) is 83.0 cm³/mol. The molecule has 2 atom stereocenters. The number of likely N-dealkylation sites (N-methyl/N-ethyl adjacent to an activating group) is 1.